The summed E-state index contributed by atoms with van der Waals surface area (Å²) in [6.07, 6.45) is 3.54. The molecule has 138 valence electrons. The van der Waals surface area contributed by atoms with Gasteiger partial charge in [0.05, 0.1) is 16.8 Å². The van der Waals surface area contributed by atoms with Crippen LogP contribution in [0.1, 0.15) is 20.8 Å². The summed E-state index contributed by atoms with van der Waals surface area (Å²) in [7, 11) is 0. The molecule has 1 amide bonds. The van der Waals surface area contributed by atoms with Gasteiger partial charge in [-0.15, -0.1) is 11.3 Å². The van der Waals surface area contributed by atoms with Gasteiger partial charge in [-0.05, 0) is 30.5 Å². The molecule has 0 saturated carbocycles. The van der Waals surface area contributed by atoms with Crippen LogP contribution in [-0.2, 0) is 0 Å². The van der Waals surface area contributed by atoms with Gasteiger partial charge in [-0.1, -0.05) is 54.1 Å². The summed E-state index contributed by atoms with van der Waals surface area (Å²) in [6.45, 7) is 2.05. The number of aromatic nitrogens is 2. The summed E-state index contributed by atoms with van der Waals surface area (Å²) in [6, 6.07) is 21.7. The zero-order chi connectivity index (χ0) is 19.3. The molecule has 0 fully saturated rings. The third-order valence-corrected chi connectivity index (χ3v) is 5.07. The number of rotatable bonds is 5. The van der Waals surface area contributed by atoms with Crippen LogP contribution in [0.25, 0.3) is 16.9 Å². The molecule has 4 rings (SSSR count). The Kier molecular flexibility index (Phi) is 5.12. The molecule has 28 heavy (non-hydrogen) atoms. The summed E-state index contributed by atoms with van der Waals surface area (Å²) < 4.78 is 1.82. The van der Waals surface area contributed by atoms with Crippen molar-refractivity contribution in [1.82, 2.24) is 15.2 Å². The predicted octanol–water partition coefficient (Wildman–Crippen LogP) is 4.67. The first-order valence-electron chi connectivity index (χ1n) is 8.80. The van der Waals surface area contributed by atoms with E-state index < -0.39 is 0 Å². The van der Waals surface area contributed by atoms with Crippen LogP contribution >= 0.6 is 11.3 Å². The molecular formula is C22H18N4OS. The van der Waals surface area contributed by atoms with E-state index in [-0.39, 0.29) is 5.91 Å². The zero-order valence-electron chi connectivity index (χ0n) is 15.2. The van der Waals surface area contributed by atoms with Crippen molar-refractivity contribution in [2.45, 2.75) is 6.92 Å². The Morgan fingerprint density at radius 1 is 1.07 bits per heavy atom. The first-order valence-corrected chi connectivity index (χ1v) is 9.68. The van der Waals surface area contributed by atoms with Gasteiger partial charge in [0, 0.05) is 17.3 Å². The number of carbonyl (C=O) groups excluding carboxylic acids is 1. The van der Waals surface area contributed by atoms with E-state index in [2.05, 4.69) is 29.6 Å². The smallest absolute Gasteiger partial charge is 0.266 e. The maximum atomic E-state index is 12.1. The first-order chi connectivity index (χ1) is 13.7. The van der Waals surface area contributed by atoms with Gasteiger partial charge in [-0.2, -0.15) is 10.2 Å². The molecule has 0 atom stereocenters. The maximum Gasteiger partial charge on any atom is 0.281 e. The SMILES string of the molecule is Cc1ccc(-c2nn(-c3ccccc3)cc2/C=N\NC(=O)c2cccs2)cc1. The van der Waals surface area contributed by atoms with Crippen molar-refractivity contribution >= 4 is 23.5 Å². The van der Waals surface area contributed by atoms with Crippen molar-refractivity contribution in [2.24, 2.45) is 5.10 Å². The molecule has 0 unspecified atom stereocenters. The fourth-order valence-electron chi connectivity index (χ4n) is 2.75. The molecule has 0 aliphatic heterocycles. The highest BCUT2D eigenvalue weighted by Crippen LogP contribution is 2.23. The molecule has 0 aliphatic rings. The third kappa shape index (κ3) is 3.92. The van der Waals surface area contributed by atoms with Crippen LogP contribution in [0.15, 0.2) is 83.4 Å². The monoisotopic (exact) mass is 386 g/mol. The van der Waals surface area contributed by atoms with Gasteiger partial charge in [0.25, 0.3) is 5.91 Å². The molecular weight excluding hydrogens is 368 g/mol. The number of amides is 1. The number of aryl methyl sites for hydroxylation is 1. The number of hydrazone groups is 1. The Morgan fingerprint density at radius 3 is 2.57 bits per heavy atom. The number of nitrogens with zero attached hydrogens (tertiary/aromatic N) is 3. The zero-order valence-corrected chi connectivity index (χ0v) is 16.1. The number of benzene rings is 2. The summed E-state index contributed by atoms with van der Waals surface area (Å²) in [4.78, 5) is 12.7. The Hall–Kier alpha value is -3.51. The Labute approximate surface area is 167 Å². The van der Waals surface area contributed by atoms with Crippen molar-refractivity contribution in [3.63, 3.8) is 0 Å². The largest absolute Gasteiger partial charge is 0.281 e. The molecule has 0 aliphatic carbocycles. The molecule has 2 aromatic carbocycles. The van der Waals surface area contributed by atoms with Crippen LogP contribution in [0.2, 0.25) is 0 Å². The number of carbonyl (C=O) groups is 1. The summed E-state index contributed by atoms with van der Waals surface area (Å²) in [5.74, 6) is -0.224. The Bertz CT molecular complexity index is 1100. The van der Waals surface area contributed by atoms with Gasteiger partial charge >= 0.3 is 0 Å². The molecule has 6 heteroatoms. The van der Waals surface area contributed by atoms with Crippen LogP contribution < -0.4 is 5.43 Å². The average molecular weight is 386 g/mol. The minimum atomic E-state index is -0.224. The van der Waals surface area contributed by atoms with Gasteiger partial charge in [0.15, 0.2) is 0 Å². The van der Waals surface area contributed by atoms with Gasteiger partial charge in [0.1, 0.15) is 5.69 Å². The predicted molar refractivity (Wildman–Crippen MR) is 113 cm³/mol. The number of nitrogens with one attached hydrogen (secondary N) is 1. The lowest BCUT2D eigenvalue weighted by atomic mass is 10.1. The lowest BCUT2D eigenvalue weighted by Crippen LogP contribution is -2.16. The van der Waals surface area contributed by atoms with E-state index in [1.54, 1.807) is 12.3 Å². The topological polar surface area (TPSA) is 59.3 Å². The second-order valence-electron chi connectivity index (χ2n) is 6.26. The Balaban J connectivity index is 1.66. The molecule has 0 spiro atoms. The number of thiophene rings is 1. The van der Waals surface area contributed by atoms with Gasteiger partial charge in [-0.3, -0.25) is 4.79 Å². The van der Waals surface area contributed by atoms with E-state index in [0.717, 1.165) is 22.5 Å². The van der Waals surface area contributed by atoms with E-state index >= 15 is 0 Å². The summed E-state index contributed by atoms with van der Waals surface area (Å²) in [5, 5.41) is 10.7. The molecule has 2 heterocycles. The second-order valence-corrected chi connectivity index (χ2v) is 7.20. The van der Waals surface area contributed by atoms with Crippen molar-refractivity contribution in [3.8, 4) is 16.9 Å². The lowest BCUT2D eigenvalue weighted by molar-refractivity contribution is 0.0959. The minimum Gasteiger partial charge on any atom is -0.266 e. The van der Waals surface area contributed by atoms with Crippen LogP contribution in [0.4, 0.5) is 0 Å². The summed E-state index contributed by atoms with van der Waals surface area (Å²) >= 11 is 1.38. The standard InChI is InChI=1S/C22H18N4OS/c1-16-9-11-17(12-10-16)21-18(14-23-24-22(27)20-8-5-13-28-20)15-26(25-21)19-6-3-2-4-7-19/h2-15H,1H3,(H,24,27)/b23-14-. The molecule has 2 aromatic heterocycles. The normalized spacial score (nSPS) is 11.0. The molecule has 0 saturated heterocycles. The van der Waals surface area contributed by atoms with Crippen molar-refractivity contribution < 1.29 is 4.79 Å². The van der Waals surface area contributed by atoms with Crippen LogP contribution in [0.5, 0.6) is 0 Å². The quantitative estimate of drug-likeness (QED) is 0.400. The maximum absolute atomic E-state index is 12.1. The highest BCUT2D eigenvalue weighted by Gasteiger charge is 2.11. The van der Waals surface area contributed by atoms with E-state index in [1.807, 2.05) is 64.8 Å². The van der Waals surface area contributed by atoms with E-state index in [0.29, 0.717) is 4.88 Å². The Morgan fingerprint density at radius 2 is 1.86 bits per heavy atom. The number of hydrogen-bond acceptors (Lipinski definition) is 4. The average Bonchev–Trinajstić information content (AvgIpc) is 3.40. The fourth-order valence-corrected chi connectivity index (χ4v) is 3.37. The highest BCUT2D eigenvalue weighted by molar-refractivity contribution is 7.12. The highest BCUT2D eigenvalue weighted by atomic mass is 32.1. The fraction of sp³-hybridized carbons (Fsp3) is 0.0455. The molecule has 4 aromatic rings. The third-order valence-electron chi connectivity index (χ3n) is 4.20. The molecule has 0 radical (unpaired) electrons. The number of para-hydroxylation sites is 1. The number of hydrogen-bond donors (Lipinski definition) is 1. The second kappa shape index (κ2) is 8.02. The summed E-state index contributed by atoms with van der Waals surface area (Å²) in [5.41, 5.74) is 7.33. The minimum absolute atomic E-state index is 0.224. The van der Waals surface area contributed by atoms with E-state index in [4.69, 9.17) is 5.10 Å². The van der Waals surface area contributed by atoms with E-state index in [1.165, 1.54) is 16.9 Å². The molecule has 0 bridgehead atoms. The van der Waals surface area contributed by atoms with Crippen molar-refractivity contribution in [3.05, 3.63) is 94.3 Å². The van der Waals surface area contributed by atoms with Crippen molar-refractivity contribution in [2.75, 3.05) is 0 Å². The molecule has 5 nitrogen and oxygen atoms in total. The van der Waals surface area contributed by atoms with Crippen LogP contribution in [0.3, 0.4) is 0 Å². The van der Waals surface area contributed by atoms with E-state index in [9.17, 15) is 4.79 Å². The van der Waals surface area contributed by atoms with Gasteiger partial charge in [0.2, 0.25) is 0 Å². The lowest BCUT2D eigenvalue weighted by Gasteiger charge is -2.01. The van der Waals surface area contributed by atoms with Crippen molar-refractivity contribution in [1.29, 1.82) is 0 Å². The van der Waals surface area contributed by atoms with Gasteiger partial charge in [-0.25, -0.2) is 10.1 Å². The van der Waals surface area contributed by atoms with Crippen LogP contribution in [-0.4, -0.2) is 21.9 Å². The first kappa shape index (κ1) is 17.9. The van der Waals surface area contributed by atoms with Crippen LogP contribution in [0, 0.1) is 6.92 Å². The molecule has 1 N–H and O–H groups in total. The van der Waals surface area contributed by atoms with Gasteiger partial charge < -0.3 is 0 Å².